The number of methoxy groups -OCH3 is 1. The van der Waals surface area contributed by atoms with Crippen LogP contribution in [0, 0.1) is 0 Å². The van der Waals surface area contributed by atoms with Crippen LogP contribution in [0.15, 0.2) is 48.5 Å². The Morgan fingerprint density at radius 3 is 2.39 bits per heavy atom. The summed E-state index contributed by atoms with van der Waals surface area (Å²) in [5, 5.41) is 3.16. The molecule has 5 nitrogen and oxygen atoms in total. The molecule has 0 radical (unpaired) electrons. The van der Waals surface area contributed by atoms with E-state index in [0.29, 0.717) is 17.1 Å². The van der Waals surface area contributed by atoms with Crippen molar-refractivity contribution in [2.75, 3.05) is 7.11 Å². The van der Waals surface area contributed by atoms with Gasteiger partial charge in [-0.25, -0.2) is 0 Å². The van der Waals surface area contributed by atoms with Crippen molar-refractivity contribution >= 4 is 23.5 Å². The first kappa shape index (κ1) is 19.7. The maximum absolute atomic E-state index is 13.0. The fraction of sp³-hybridized carbons (Fsp3) is 0.304. The van der Waals surface area contributed by atoms with Gasteiger partial charge < -0.3 is 14.8 Å². The molecule has 1 fully saturated rings. The summed E-state index contributed by atoms with van der Waals surface area (Å²) in [5.41, 5.74) is 2.23. The summed E-state index contributed by atoms with van der Waals surface area (Å²) in [6, 6.07) is 15.1. The van der Waals surface area contributed by atoms with Crippen molar-refractivity contribution in [3.8, 4) is 11.5 Å². The van der Waals surface area contributed by atoms with Crippen molar-refractivity contribution in [3.63, 3.8) is 0 Å². The average molecular weight is 379 g/mol. The van der Waals surface area contributed by atoms with Gasteiger partial charge in [0.25, 0.3) is 5.91 Å². The van der Waals surface area contributed by atoms with Crippen LogP contribution >= 0.6 is 0 Å². The second-order valence-corrected chi connectivity index (χ2v) is 6.88. The summed E-state index contributed by atoms with van der Waals surface area (Å²) in [6.07, 6.45) is 6.20. The molecule has 2 aromatic rings. The second kappa shape index (κ2) is 9.22. The molecule has 0 unspecified atom stereocenters. The molecule has 0 aliphatic heterocycles. The predicted molar refractivity (Wildman–Crippen MR) is 109 cm³/mol. The normalized spacial score (nSPS) is 14.6. The quantitative estimate of drug-likeness (QED) is 0.353. The number of nitrogens with one attached hydrogen (secondary N) is 1. The van der Waals surface area contributed by atoms with E-state index in [2.05, 4.69) is 5.32 Å². The van der Waals surface area contributed by atoms with Crippen LogP contribution in [0.2, 0.25) is 0 Å². The SMILES string of the molecule is COc1cc(/C=C(/C(=O)NC2CCCC2)c2ccccc2)ccc1OC(C)=O. The van der Waals surface area contributed by atoms with Gasteiger partial charge in [0.15, 0.2) is 11.5 Å². The number of hydrogen-bond donors (Lipinski definition) is 1. The molecule has 1 amide bonds. The van der Waals surface area contributed by atoms with Crippen LogP contribution in [0.1, 0.15) is 43.7 Å². The lowest BCUT2D eigenvalue weighted by molar-refractivity contribution is -0.132. The summed E-state index contributed by atoms with van der Waals surface area (Å²) < 4.78 is 10.5. The predicted octanol–water partition coefficient (Wildman–Crippen LogP) is 4.22. The molecule has 0 heterocycles. The summed E-state index contributed by atoms with van der Waals surface area (Å²) >= 11 is 0. The Hall–Kier alpha value is -3.08. The number of carbonyl (C=O) groups is 2. The Bertz CT molecular complexity index is 867. The van der Waals surface area contributed by atoms with Gasteiger partial charge in [0, 0.05) is 18.5 Å². The Morgan fingerprint density at radius 2 is 1.75 bits per heavy atom. The molecule has 1 saturated carbocycles. The van der Waals surface area contributed by atoms with Crippen LogP contribution in [0.4, 0.5) is 0 Å². The summed E-state index contributed by atoms with van der Waals surface area (Å²) in [5.74, 6) is 0.292. The summed E-state index contributed by atoms with van der Waals surface area (Å²) in [6.45, 7) is 1.34. The van der Waals surface area contributed by atoms with Gasteiger partial charge in [-0.1, -0.05) is 49.2 Å². The molecule has 0 saturated heterocycles. The molecular weight excluding hydrogens is 354 g/mol. The molecule has 0 atom stereocenters. The van der Waals surface area contributed by atoms with Crippen LogP contribution in [-0.4, -0.2) is 25.0 Å². The standard InChI is InChI=1S/C23H25NO4/c1-16(25)28-21-13-12-17(15-22(21)27-2)14-20(18-8-4-3-5-9-18)23(26)24-19-10-6-7-11-19/h3-5,8-9,12-15,19H,6-7,10-11H2,1-2H3,(H,24,26)/b20-14+. The third-order valence-corrected chi connectivity index (χ3v) is 4.77. The van der Waals surface area contributed by atoms with E-state index < -0.39 is 5.97 Å². The molecule has 0 spiro atoms. The summed E-state index contributed by atoms with van der Waals surface area (Å²) in [4.78, 5) is 24.2. The van der Waals surface area contributed by atoms with E-state index in [1.165, 1.54) is 14.0 Å². The Labute approximate surface area is 165 Å². The van der Waals surface area contributed by atoms with Crippen LogP contribution in [0.5, 0.6) is 11.5 Å². The first-order chi connectivity index (χ1) is 13.6. The minimum absolute atomic E-state index is 0.0823. The van der Waals surface area contributed by atoms with E-state index in [9.17, 15) is 9.59 Å². The molecule has 1 aliphatic rings. The van der Waals surface area contributed by atoms with Gasteiger partial charge in [-0.2, -0.15) is 0 Å². The highest BCUT2D eigenvalue weighted by Crippen LogP contribution is 2.30. The van der Waals surface area contributed by atoms with Gasteiger partial charge in [0.05, 0.1) is 7.11 Å². The van der Waals surface area contributed by atoms with E-state index in [1.807, 2.05) is 36.4 Å². The maximum Gasteiger partial charge on any atom is 0.308 e. The van der Waals surface area contributed by atoms with Gasteiger partial charge in [-0.15, -0.1) is 0 Å². The van der Waals surface area contributed by atoms with Crippen molar-refractivity contribution in [1.29, 1.82) is 0 Å². The molecule has 0 aromatic heterocycles. The highest BCUT2D eigenvalue weighted by atomic mass is 16.6. The summed E-state index contributed by atoms with van der Waals surface area (Å²) in [7, 11) is 1.51. The first-order valence-electron chi connectivity index (χ1n) is 9.51. The van der Waals surface area contributed by atoms with Crippen molar-refractivity contribution in [1.82, 2.24) is 5.32 Å². The molecule has 28 heavy (non-hydrogen) atoms. The number of ether oxygens (including phenoxy) is 2. The lowest BCUT2D eigenvalue weighted by atomic mass is 10.0. The van der Waals surface area contributed by atoms with Crippen LogP contribution in [0.25, 0.3) is 11.6 Å². The van der Waals surface area contributed by atoms with Gasteiger partial charge in [0.2, 0.25) is 0 Å². The van der Waals surface area contributed by atoms with Crippen LogP contribution in [-0.2, 0) is 9.59 Å². The minimum Gasteiger partial charge on any atom is -0.493 e. The van der Waals surface area contributed by atoms with Crippen molar-refractivity contribution in [2.24, 2.45) is 0 Å². The van der Waals surface area contributed by atoms with Crippen LogP contribution < -0.4 is 14.8 Å². The highest BCUT2D eigenvalue weighted by Gasteiger charge is 2.20. The third-order valence-electron chi connectivity index (χ3n) is 4.77. The second-order valence-electron chi connectivity index (χ2n) is 6.88. The smallest absolute Gasteiger partial charge is 0.308 e. The Kier molecular flexibility index (Phi) is 6.48. The van der Waals surface area contributed by atoms with Crippen LogP contribution in [0.3, 0.4) is 0 Å². The molecule has 5 heteroatoms. The number of amides is 1. The fourth-order valence-corrected chi connectivity index (χ4v) is 3.41. The van der Waals surface area contributed by atoms with E-state index in [-0.39, 0.29) is 11.9 Å². The van der Waals surface area contributed by atoms with Gasteiger partial charge >= 0.3 is 5.97 Å². The fourth-order valence-electron chi connectivity index (χ4n) is 3.41. The lowest BCUT2D eigenvalue weighted by Gasteiger charge is -2.15. The van der Waals surface area contributed by atoms with Crippen molar-refractivity contribution < 1.29 is 19.1 Å². The molecule has 0 bridgehead atoms. The maximum atomic E-state index is 13.0. The first-order valence-corrected chi connectivity index (χ1v) is 9.51. The topological polar surface area (TPSA) is 64.6 Å². The van der Waals surface area contributed by atoms with Crippen molar-refractivity contribution in [2.45, 2.75) is 38.6 Å². The lowest BCUT2D eigenvalue weighted by Crippen LogP contribution is -2.33. The Balaban J connectivity index is 1.94. The zero-order chi connectivity index (χ0) is 19.9. The molecule has 2 aromatic carbocycles. The van der Waals surface area contributed by atoms with Gasteiger partial charge in [-0.05, 0) is 42.2 Å². The molecule has 1 aliphatic carbocycles. The number of hydrogen-bond acceptors (Lipinski definition) is 4. The molecular formula is C23H25NO4. The third kappa shape index (κ3) is 5.00. The zero-order valence-corrected chi connectivity index (χ0v) is 16.2. The zero-order valence-electron chi connectivity index (χ0n) is 16.2. The number of benzene rings is 2. The molecule has 3 rings (SSSR count). The molecule has 1 N–H and O–H groups in total. The van der Waals surface area contributed by atoms with Gasteiger partial charge in [0.1, 0.15) is 0 Å². The van der Waals surface area contributed by atoms with E-state index in [4.69, 9.17) is 9.47 Å². The largest absolute Gasteiger partial charge is 0.493 e. The number of rotatable bonds is 6. The van der Waals surface area contributed by atoms with Crippen molar-refractivity contribution in [3.05, 3.63) is 59.7 Å². The Morgan fingerprint density at radius 1 is 1.04 bits per heavy atom. The van der Waals surface area contributed by atoms with Gasteiger partial charge in [-0.3, -0.25) is 9.59 Å². The minimum atomic E-state index is -0.414. The number of carbonyl (C=O) groups excluding carboxylic acids is 2. The average Bonchev–Trinajstić information content (AvgIpc) is 3.20. The highest BCUT2D eigenvalue weighted by molar-refractivity contribution is 6.24. The van der Waals surface area contributed by atoms with E-state index in [0.717, 1.165) is 36.8 Å². The molecule has 146 valence electrons. The van der Waals surface area contributed by atoms with E-state index in [1.54, 1.807) is 18.2 Å². The monoisotopic (exact) mass is 379 g/mol. The number of esters is 1. The van der Waals surface area contributed by atoms with E-state index >= 15 is 0 Å².